The fraction of sp³-hybridized carbons (Fsp3) is 0.611. The predicted octanol–water partition coefficient (Wildman–Crippen LogP) is 3.92. The molecular weight excluding hydrogens is 342 g/mol. The topological polar surface area (TPSA) is 75.5 Å². The molecule has 0 aromatic carbocycles. The molecule has 1 aromatic rings. The first kappa shape index (κ1) is 19.3. The molecule has 7 heteroatoms. The van der Waals surface area contributed by atoms with Crippen LogP contribution >= 0.6 is 11.6 Å². The molecule has 0 saturated carbocycles. The second-order valence-electron chi connectivity index (χ2n) is 7.11. The third kappa shape index (κ3) is 4.99. The van der Waals surface area contributed by atoms with Gasteiger partial charge in [0.15, 0.2) is 0 Å². The lowest BCUT2D eigenvalue weighted by Crippen LogP contribution is -2.41. The number of pyridine rings is 1. The fourth-order valence-corrected chi connectivity index (χ4v) is 3.10. The van der Waals surface area contributed by atoms with Gasteiger partial charge in [0.2, 0.25) is 5.88 Å². The van der Waals surface area contributed by atoms with Gasteiger partial charge in [-0.05, 0) is 45.6 Å². The molecule has 0 atom stereocenters. The van der Waals surface area contributed by atoms with Crippen LogP contribution in [0.25, 0.3) is 0 Å². The van der Waals surface area contributed by atoms with Crippen LogP contribution in [0.3, 0.4) is 0 Å². The molecule has 1 fully saturated rings. The maximum atomic E-state index is 12.2. The van der Waals surface area contributed by atoms with Crippen molar-refractivity contribution in [2.24, 2.45) is 0 Å². The smallest absolute Gasteiger partial charge is 0.410 e. The summed E-state index contributed by atoms with van der Waals surface area (Å²) in [6.07, 6.45) is 1.49. The first-order valence-corrected chi connectivity index (χ1v) is 8.71. The number of carbonyl (C=O) groups is 1. The number of ether oxygens (including phenoxy) is 2. The van der Waals surface area contributed by atoms with Crippen molar-refractivity contribution in [1.82, 2.24) is 9.88 Å². The average Bonchev–Trinajstić information content (AvgIpc) is 2.55. The molecule has 1 aromatic heterocycles. The minimum Gasteiger partial charge on any atom is -0.481 e. The van der Waals surface area contributed by atoms with Gasteiger partial charge in [-0.15, -0.1) is 0 Å². The number of hydrogen-bond acceptors (Lipinski definition) is 5. The van der Waals surface area contributed by atoms with E-state index in [4.69, 9.17) is 26.3 Å². The van der Waals surface area contributed by atoms with E-state index in [0.29, 0.717) is 29.7 Å². The van der Waals surface area contributed by atoms with Crippen LogP contribution in [-0.4, -0.2) is 41.8 Å². The van der Waals surface area contributed by atoms with E-state index >= 15 is 0 Å². The van der Waals surface area contributed by atoms with Crippen LogP contribution in [0.4, 0.5) is 4.79 Å². The molecule has 0 N–H and O–H groups in total. The summed E-state index contributed by atoms with van der Waals surface area (Å²) in [5.74, 6) is 0.693. The Kier molecular flexibility index (Phi) is 6.12. The molecule has 0 aliphatic carbocycles. The molecule has 0 radical (unpaired) electrons. The number of carbonyl (C=O) groups excluding carboxylic acids is 1. The zero-order chi connectivity index (χ0) is 18.6. The Hall–Kier alpha value is -2.00. The molecule has 25 heavy (non-hydrogen) atoms. The summed E-state index contributed by atoms with van der Waals surface area (Å²) < 4.78 is 10.8. The van der Waals surface area contributed by atoms with E-state index < -0.39 is 5.60 Å². The average molecular weight is 366 g/mol. The van der Waals surface area contributed by atoms with Crippen molar-refractivity contribution in [2.75, 3.05) is 20.2 Å². The lowest BCUT2D eigenvalue weighted by atomic mass is 9.89. The number of halogens is 1. The summed E-state index contributed by atoms with van der Waals surface area (Å²) in [4.78, 5) is 18.2. The van der Waals surface area contributed by atoms with Gasteiger partial charge in [0, 0.05) is 24.2 Å². The van der Waals surface area contributed by atoms with Crippen LogP contribution in [0.2, 0.25) is 5.15 Å². The molecule has 2 heterocycles. The number of hydrogen-bond donors (Lipinski definition) is 0. The molecule has 1 amide bonds. The van der Waals surface area contributed by atoms with E-state index in [2.05, 4.69) is 11.1 Å². The lowest BCUT2D eigenvalue weighted by Gasteiger charge is -2.34. The number of rotatable bonds is 3. The molecule has 1 saturated heterocycles. The molecule has 2 rings (SSSR count). The number of likely N-dealkylation sites (tertiary alicyclic amines) is 1. The summed E-state index contributed by atoms with van der Waals surface area (Å²) in [7, 11) is 1.56. The number of piperidine rings is 1. The highest BCUT2D eigenvalue weighted by atomic mass is 35.5. The quantitative estimate of drug-likeness (QED) is 0.758. The van der Waals surface area contributed by atoms with Crippen LogP contribution in [0, 0.1) is 11.3 Å². The standard InChI is InChI=1S/C18H24ClN3O3/c1-18(2,3)25-17(23)22-9-6-12(7-10-22)14-11-13(5-8-20)15(19)21-16(14)24-4/h11-12H,5-7,9-10H2,1-4H3. The Morgan fingerprint density at radius 2 is 2.08 bits per heavy atom. The van der Waals surface area contributed by atoms with E-state index in [1.165, 1.54) is 0 Å². The highest BCUT2D eigenvalue weighted by molar-refractivity contribution is 6.30. The molecule has 6 nitrogen and oxygen atoms in total. The fourth-order valence-electron chi connectivity index (χ4n) is 2.90. The zero-order valence-electron chi connectivity index (χ0n) is 15.1. The third-order valence-electron chi connectivity index (χ3n) is 4.09. The van der Waals surface area contributed by atoms with E-state index in [0.717, 1.165) is 18.4 Å². The first-order valence-electron chi connectivity index (χ1n) is 8.33. The number of amides is 1. The lowest BCUT2D eigenvalue weighted by molar-refractivity contribution is 0.0204. The van der Waals surface area contributed by atoms with Gasteiger partial charge in [-0.2, -0.15) is 5.26 Å². The monoisotopic (exact) mass is 365 g/mol. The molecule has 0 unspecified atom stereocenters. The van der Waals surface area contributed by atoms with Crippen molar-refractivity contribution in [3.63, 3.8) is 0 Å². The van der Waals surface area contributed by atoms with E-state index in [1.54, 1.807) is 12.0 Å². The van der Waals surface area contributed by atoms with Crippen LogP contribution in [0.1, 0.15) is 50.7 Å². The van der Waals surface area contributed by atoms with Gasteiger partial charge >= 0.3 is 6.09 Å². The van der Waals surface area contributed by atoms with Crippen LogP contribution < -0.4 is 4.74 Å². The second kappa shape index (κ2) is 7.92. The van der Waals surface area contributed by atoms with Gasteiger partial charge in [-0.1, -0.05) is 11.6 Å². The molecule has 1 aliphatic rings. The van der Waals surface area contributed by atoms with Crippen molar-refractivity contribution in [3.05, 3.63) is 22.3 Å². The van der Waals surface area contributed by atoms with Crippen molar-refractivity contribution in [3.8, 4) is 11.9 Å². The molecule has 136 valence electrons. The molecule has 0 spiro atoms. The first-order chi connectivity index (χ1) is 11.7. The Labute approximate surface area is 153 Å². The normalized spacial score (nSPS) is 15.6. The van der Waals surface area contributed by atoms with E-state index in [9.17, 15) is 4.79 Å². The van der Waals surface area contributed by atoms with Crippen molar-refractivity contribution >= 4 is 17.7 Å². The minimum absolute atomic E-state index is 0.204. The van der Waals surface area contributed by atoms with Crippen molar-refractivity contribution < 1.29 is 14.3 Å². The maximum absolute atomic E-state index is 12.2. The summed E-state index contributed by atoms with van der Waals surface area (Å²) in [6.45, 7) is 6.80. The zero-order valence-corrected chi connectivity index (χ0v) is 15.9. The van der Waals surface area contributed by atoms with Gasteiger partial charge in [-0.3, -0.25) is 0 Å². The third-order valence-corrected chi connectivity index (χ3v) is 4.42. The van der Waals surface area contributed by atoms with E-state index in [1.807, 2.05) is 26.8 Å². The number of aromatic nitrogens is 1. The van der Waals surface area contributed by atoms with Crippen molar-refractivity contribution in [1.29, 1.82) is 5.26 Å². The van der Waals surface area contributed by atoms with Crippen LogP contribution in [0.15, 0.2) is 6.07 Å². The second-order valence-corrected chi connectivity index (χ2v) is 7.47. The van der Waals surface area contributed by atoms with Crippen molar-refractivity contribution in [2.45, 2.75) is 51.6 Å². The Balaban J connectivity index is 2.11. The summed E-state index contributed by atoms with van der Waals surface area (Å²) in [5, 5.41) is 9.23. The SMILES string of the molecule is COc1nc(Cl)c(CC#N)cc1C1CCN(C(=O)OC(C)(C)C)CC1. The highest BCUT2D eigenvalue weighted by Crippen LogP contribution is 2.36. The summed E-state index contributed by atoms with van der Waals surface area (Å²) in [6, 6.07) is 4.01. The highest BCUT2D eigenvalue weighted by Gasteiger charge is 2.29. The Morgan fingerprint density at radius 1 is 1.44 bits per heavy atom. The number of methoxy groups -OCH3 is 1. The number of nitrogens with zero attached hydrogens (tertiary/aromatic N) is 3. The van der Waals surface area contributed by atoms with Gasteiger partial charge in [0.25, 0.3) is 0 Å². The predicted molar refractivity (Wildman–Crippen MR) is 94.9 cm³/mol. The van der Waals surface area contributed by atoms with Crippen LogP contribution in [-0.2, 0) is 11.2 Å². The molecule has 1 aliphatic heterocycles. The van der Waals surface area contributed by atoms with Gasteiger partial charge in [0.05, 0.1) is 19.6 Å². The summed E-state index contributed by atoms with van der Waals surface area (Å²) >= 11 is 6.11. The Bertz CT molecular complexity index is 671. The maximum Gasteiger partial charge on any atom is 0.410 e. The van der Waals surface area contributed by atoms with Gasteiger partial charge in [-0.25, -0.2) is 9.78 Å². The summed E-state index contributed by atoms with van der Waals surface area (Å²) in [5.41, 5.74) is 1.15. The number of nitriles is 1. The molecule has 0 bridgehead atoms. The molecular formula is C18H24ClN3O3. The van der Waals surface area contributed by atoms with Gasteiger partial charge in [0.1, 0.15) is 10.8 Å². The minimum atomic E-state index is -0.497. The van der Waals surface area contributed by atoms with E-state index in [-0.39, 0.29) is 18.4 Å². The largest absolute Gasteiger partial charge is 0.481 e. The van der Waals surface area contributed by atoms with Crippen LogP contribution in [0.5, 0.6) is 5.88 Å². The Morgan fingerprint density at radius 3 is 2.60 bits per heavy atom. The van der Waals surface area contributed by atoms with Gasteiger partial charge < -0.3 is 14.4 Å².